The third kappa shape index (κ3) is 2.10. The second-order valence-corrected chi connectivity index (χ2v) is 4.81. The van der Waals surface area contributed by atoms with Crippen LogP contribution < -0.4 is 4.90 Å². The summed E-state index contributed by atoms with van der Waals surface area (Å²) in [6, 6.07) is 5.74. The number of fused-ring (bicyclic) bond motifs is 1. The summed E-state index contributed by atoms with van der Waals surface area (Å²) < 4.78 is 7.26. The van der Waals surface area contributed by atoms with E-state index in [9.17, 15) is 4.79 Å². The molecule has 1 fully saturated rings. The maximum Gasteiger partial charge on any atom is 0.170 e. The number of aldehydes is 1. The predicted molar refractivity (Wildman–Crippen MR) is 72.8 cm³/mol. The van der Waals surface area contributed by atoms with E-state index in [0.29, 0.717) is 5.69 Å². The molecule has 19 heavy (non-hydrogen) atoms. The summed E-state index contributed by atoms with van der Waals surface area (Å²) in [6.07, 6.45) is 5.10. The van der Waals surface area contributed by atoms with Crippen LogP contribution in [0.2, 0.25) is 0 Å². The minimum Gasteiger partial charge on any atom is -0.380 e. The van der Waals surface area contributed by atoms with Gasteiger partial charge in [-0.3, -0.25) is 9.20 Å². The van der Waals surface area contributed by atoms with E-state index >= 15 is 0 Å². The fourth-order valence-corrected chi connectivity index (χ4v) is 2.67. The Balaban J connectivity index is 2.01. The van der Waals surface area contributed by atoms with Crippen LogP contribution in [0.3, 0.4) is 0 Å². The lowest BCUT2D eigenvalue weighted by Crippen LogP contribution is -2.39. The number of carbonyl (C=O) groups excluding carboxylic acids is 1. The van der Waals surface area contributed by atoms with Crippen molar-refractivity contribution in [3.8, 4) is 0 Å². The summed E-state index contributed by atoms with van der Waals surface area (Å²) in [5.41, 5.74) is 1.42. The molecule has 0 N–H and O–H groups in total. The number of piperidine rings is 1. The Bertz CT molecular complexity index is 593. The number of hydrogen-bond donors (Lipinski definition) is 0. The SMILES string of the molecule is COC1CCCN(c2nc3ccccn3c2C=O)C1. The Morgan fingerprint density at radius 3 is 3.16 bits per heavy atom. The van der Waals surface area contributed by atoms with E-state index in [1.54, 1.807) is 7.11 Å². The zero-order chi connectivity index (χ0) is 13.2. The number of ether oxygens (including phenoxy) is 1. The minimum atomic E-state index is 0.220. The molecule has 100 valence electrons. The van der Waals surface area contributed by atoms with Gasteiger partial charge in [0.15, 0.2) is 12.1 Å². The Kier molecular flexibility index (Phi) is 3.21. The maximum absolute atomic E-state index is 11.4. The summed E-state index contributed by atoms with van der Waals surface area (Å²) in [5, 5.41) is 0. The van der Waals surface area contributed by atoms with Crippen molar-refractivity contribution in [1.29, 1.82) is 0 Å². The van der Waals surface area contributed by atoms with Crippen LogP contribution >= 0.6 is 0 Å². The summed E-state index contributed by atoms with van der Waals surface area (Å²) in [5.74, 6) is 0.767. The Morgan fingerprint density at radius 1 is 1.47 bits per heavy atom. The lowest BCUT2D eigenvalue weighted by atomic mass is 10.1. The van der Waals surface area contributed by atoms with Crippen molar-refractivity contribution in [3.63, 3.8) is 0 Å². The molecule has 0 aliphatic carbocycles. The van der Waals surface area contributed by atoms with Gasteiger partial charge in [-0.1, -0.05) is 6.07 Å². The molecule has 1 aliphatic rings. The van der Waals surface area contributed by atoms with Gasteiger partial charge >= 0.3 is 0 Å². The van der Waals surface area contributed by atoms with Crippen molar-refractivity contribution >= 4 is 17.8 Å². The monoisotopic (exact) mass is 259 g/mol. The molecule has 1 atom stereocenters. The summed E-state index contributed by atoms with van der Waals surface area (Å²) >= 11 is 0. The van der Waals surface area contributed by atoms with E-state index in [-0.39, 0.29) is 6.10 Å². The molecule has 5 heteroatoms. The lowest BCUT2D eigenvalue weighted by molar-refractivity contribution is 0.0890. The first kappa shape index (κ1) is 12.2. The molecule has 1 unspecified atom stereocenters. The second kappa shape index (κ2) is 5.01. The van der Waals surface area contributed by atoms with Gasteiger partial charge in [-0.15, -0.1) is 0 Å². The Hall–Kier alpha value is -1.88. The lowest BCUT2D eigenvalue weighted by Gasteiger charge is -2.32. The average Bonchev–Trinajstić information content (AvgIpc) is 2.86. The largest absolute Gasteiger partial charge is 0.380 e. The zero-order valence-corrected chi connectivity index (χ0v) is 11.0. The summed E-state index contributed by atoms with van der Waals surface area (Å²) in [7, 11) is 1.73. The Morgan fingerprint density at radius 2 is 2.37 bits per heavy atom. The molecule has 2 aromatic rings. The third-order valence-electron chi connectivity index (χ3n) is 3.67. The number of imidazole rings is 1. The molecular formula is C14H17N3O2. The van der Waals surface area contributed by atoms with E-state index in [2.05, 4.69) is 9.88 Å². The van der Waals surface area contributed by atoms with Crippen LogP contribution in [0.25, 0.3) is 5.65 Å². The molecule has 0 bridgehead atoms. The number of nitrogens with zero attached hydrogens (tertiary/aromatic N) is 3. The van der Waals surface area contributed by atoms with Gasteiger partial charge < -0.3 is 9.64 Å². The molecule has 3 heterocycles. The van der Waals surface area contributed by atoms with Crippen LogP contribution in [0.15, 0.2) is 24.4 Å². The molecule has 1 aliphatic heterocycles. The molecular weight excluding hydrogens is 242 g/mol. The van der Waals surface area contributed by atoms with E-state index in [1.807, 2.05) is 28.8 Å². The topological polar surface area (TPSA) is 46.8 Å². The molecule has 3 rings (SSSR count). The van der Waals surface area contributed by atoms with Crippen molar-refractivity contribution in [3.05, 3.63) is 30.1 Å². The van der Waals surface area contributed by atoms with Crippen LogP contribution in [0.1, 0.15) is 23.3 Å². The van der Waals surface area contributed by atoms with Crippen LogP contribution in [0.4, 0.5) is 5.82 Å². The number of hydrogen-bond acceptors (Lipinski definition) is 4. The number of pyridine rings is 1. The predicted octanol–water partition coefficient (Wildman–Crippen LogP) is 1.76. The van der Waals surface area contributed by atoms with E-state index in [1.165, 1.54) is 0 Å². The quantitative estimate of drug-likeness (QED) is 0.788. The first-order valence-corrected chi connectivity index (χ1v) is 6.53. The summed E-state index contributed by atoms with van der Waals surface area (Å²) in [4.78, 5) is 18.1. The van der Waals surface area contributed by atoms with Crippen molar-refractivity contribution in [2.24, 2.45) is 0 Å². The van der Waals surface area contributed by atoms with Gasteiger partial charge in [-0.05, 0) is 25.0 Å². The first-order valence-electron chi connectivity index (χ1n) is 6.53. The highest BCUT2D eigenvalue weighted by Crippen LogP contribution is 2.24. The van der Waals surface area contributed by atoms with E-state index < -0.39 is 0 Å². The van der Waals surface area contributed by atoms with E-state index in [4.69, 9.17) is 4.74 Å². The van der Waals surface area contributed by atoms with Gasteiger partial charge in [0.05, 0.1) is 6.10 Å². The smallest absolute Gasteiger partial charge is 0.170 e. The normalized spacial score (nSPS) is 19.8. The van der Waals surface area contributed by atoms with Gasteiger partial charge in [0, 0.05) is 26.4 Å². The number of methoxy groups -OCH3 is 1. The molecule has 0 radical (unpaired) electrons. The molecule has 5 nitrogen and oxygen atoms in total. The summed E-state index contributed by atoms with van der Waals surface area (Å²) in [6.45, 7) is 1.71. The van der Waals surface area contributed by atoms with Crippen LogP contribution in [0, 0.1) is 0 Å². The van der Waals surface area contributed by atoms with Gasteiger partial charge in [-0.2, -0.15) is 0 Å². The van der Waals surface area contributed by atoms with Crippen LogP contribution in [0.5, 0.6) is 0 Å². The number of rotatable bonds is 3. The molecule has 0 amide bonds. The standard InChI is InChI=1S/C14H17N3O2/c1-19-11-5-4-7-16(9-11)14-12(10-18)17-8-3-2-6-13(17)15-14/h2-3,6,8,10-11H,4-5,7,9H2,1H3. The average molecular weight is 259 g/mol. The molecule has 2 aromatic heterocycles. The fourth-order valence-electron chi connectivity index (χ4n) is 2.67. The van der Waals surface area contributed by atoms with Gasteiger partial charge in [0.1, 0.15) is 11.3 Å². The molecule has 0 spiro atoms. The van der Waals surface area contributed by atoms with E-state index in [0.717, 1.165) is 43.7 Å². The van der Waals surface area contributed by atoms with Crippen LogP contribution in [-0.4, -0.2) is 42.0 Å². The van der Waals surface area contributed by atoms with Crippen molar-refractivity contribution < 1.29 is 9.53 Å². The third-order valence-corrected chi connectivity index (χ3v) is 3.67. The first-order chi connectivity index (χ1) is 9.33. The molecule has 0 aromatic carbocycles. The van der Waals surface area contributed by atoms with Crippen molar-refractivity contribution in [2.75, 3.05) is 25.1 Å². The van der Waals surface area contributed by atoms with Crippen LogP contribution in [-0.2, 0) is 4.74 Å². The highest BCUT2D eigenvalue weighted by atomic mass is 16.5. The van der Waals surface area contributed by atoms with Crippen molar-refractivity contribution in [2.45, 2.75) is 18.9 Å². The maximum atomic E-state index is 11.4. The van der Waals surface area contributed by atoms with Crippen molar-refractivity contribution in [1.82, 2.24) is 9.38 Å². The number of aromatic nitrogens is 2. The minimum absolute atomic E-state index is 0.220. The second-order valence-electron chi connectivity index (χ2n) is 4.81. The van der Waals surface area contributed by atoms with Gasteiger partial charge in [0.25, 0.3) is 0 Å². The molecule has 1 saturated heterocycles. The van der Waals surface area contributed by atoms with Gasteiger partial charge in [-0.25, -0.2) is 4.98 Å². The highest BCUT2D eigenvalue weighted by molar-refractivity contribution is 5.83. The Labute approximate surface area is 111 Å². The molecule has 0 saturated carbocycles. The number of carbonyl (C=O) groups is 1. The van der Waals surface area contributed by atoms with Gasteiger partial charge in [0.2, 0.25) is 0 Å². The zero-order valence-electron chi connectivity index (χ0n) is 11.0. The fraction of sp³-hybridized carbons (Fsp3) is 0.429. The number of anilines is 1. The highest BCUT2D eigenvalue weighted by Gasteiger charge is 2.24.